The van der Waals surface area contributed by atoms with E-state index in [1.54, 1.807) is 0 Å². The van der Waals surface area contributed by atoms with Crippen molar-refractivity contribution < 1.29 is 14.0 Å². The van der Waals surface area contributed by atoms with Gasteiger partial charge >= 0.3 is 0 Å². The van der Waals surface area contributed by atoms with Crippen molar-refractivity contribution in [3.63, 3.8) is 0 Å². The average Bonchev–Trinajstić information content (AvgIpc) is 3.10. The maximum absolute atomic E-state index is 12.6. The van der Waals surface area contributed by atoms with E-state index in [-0.39, 0.29) is 24.3 Å². The summed E-state index contributed by atoms with van der Waals surface area (Å²) in [6, 6.07) is 15.2. The molecule has 1 N–H and O–H groups in total. The number of piperidine rings is 1. The molecular formula is C22H23N3O3. The van der Waals surface area contributed by atoms with Crippen molar-refractivity contribution >= 4 is 22.9 Å². The molecule has 1 aliphatic rings. The summed E-state index contributed by atoms with van der Waals surface area (Å²) in [4.78, 5) is 31.1. The van der Waals surface area contributed by atoms with Crippen LogP contribution in [0.5, 0.6) is 0 Å². The Balaban J connectivity index is 1.28. The van der Waals surface area contributed by atoms with E-state index in [2.05, 4.69) is 10.3 Å². The SMILES string of the molecule is Cc1ccc(C(=O)N2CCC(NC(=O)Cc3nc4ccccc4o3)CC2)cc1. The number of rotatable bonds is 4. The molecule has 0 bridgehead atoms. The summed E-state index contributed by atoms with van der Waals surface area (Å²) in [6.07, 6.45) is 1.62. The summed E-state index contributed by atoms with van der Waals surface area (Å²) in [7, 11) is 0. The molecule has 6 nitrogen and oxygen atoms in total. The number of hydrogen-bond donors (Lipinski definition) is 1. The minimum Gasteiger partial charge on any atom is -0.440 e. The van der Waals surface area contributed by atoms with Crippen LogP contribution >= 0.6 is 0 Å². The molecule has 2 aromatic carbocycles. The van der Waals surface area contributed by atoms with Gasteiger partial charge in [0.25, 0.3) is 5.91 Å². The quantitative estimate of drug-likeness (QED) is 0.758. The van der Waals surface area contributed by atoms with Crippen molar-refractivity contribution in [1.29, 1.82) is 0 Å². The Hall–Kier alpha value is -3.15. The van der Waals surface area contributed by atoms with Gasteiger partial charge in [0.15, 0.2) is 5.58 Å². The lowest BCUT2D eigenvalue weighted by atomic mass is 10.0. The molecule has 1 saturated heterocycles. The van der Waals surface area contributed by atoms with Gasteiger partial charge < -0.3 is 14.6 Å². The van der Waals surface area contributed by atoms with E-state index in [4.69, 9.17) is 4.42 Å². The Kier molecular flexibility index (Phi) is 5.10. The molecule has 0 radical (unpaired) electrons. The third kappa shape index (κ3) is 4.06. The van der Waals surface area contributed by atoms with E-state index >= 15 is 0 Å². The summed E-state index contributed by atoms with van der Waals surface area (Å²) in [5.74, 6) is 0.372. The molecule has 1 fully saturated rings. The number of carbonyl (C=O) groups excluding carboxylic acids is 2. The van der Waals surface area contributed by atoms with Gasteiger partial charge in [0.1, 0.15) is 11.9 Å². The Morgan fingerprint density at radius 3 is 2.54 bits per heavy atom. The molecule has 1 aromatic heterocycles. The number of aryl methyl sites for hydroxylation is 1. The van der Waals surface area contributed by atoms with Crippen LogP contribution in [-0.4, -0.2) is 40.8 Å². The predicted octanol–water partition coefficient (Wildman–Crippen LogP) is 3.10. The Bertz CT molecular complexity index is 953. The lowest BCUT2D eigenvalue weighted by Crippen LogP contribution is -2.46. The number of para-hydroxylation sites is 2. The first-order chi connectivity index (χ1) is 13.6. The number of benzene rings is 2. The van der Waals surface area contributed by atoms with Gasteiger partial charge in [0.05, 0.1) is 0 Å². The predicted molar refractivity (Wildman–Crippen MR) is 106 cm³/mol. The third-order valence-corrected chi connectivity index (χ3v) is 5.10. The highest BCUT2D eigenvalue weighted by Crippen LogP contribution is 2.17. The fraction of sp³-hybridized carbons (Fsp3) is 0.318. The van der Waals surface area contributed by atoms with Crippen LogP contribution in [0.25, 0.3) is 11.1 Å². The molecule has 6 heteroatoms. The van der Waals surface area contributed by atoms with Crippen molar-refractivity contribution in [3.8, 4) is 0 Å². The second-order valence-electron chi connectivity index (χ2n) is 7.25. The Morgan fingerprint density at radius 2 is 1.82 bits per heavy atom. The number of nitrogens with one attached hydrogen (secondary N) is 1. The van der Waals surface area contributed by atoms with Crippen LogP contribution in [-0.2, 0) is 11.2 Å². The smallest absolute Gasteiger partial charge is 0.253 e. The number of hydrogen-bond acceptors (Lipinski definition) is 4. The molecule has 2 heterocycles. The van der Waals surface area contributed by atoms with Gasteiger partial charge in [-0.15, -0.1) is 0 Å². The number of likely N-dealkylation sites (tertiary alicyclic amines) is 1. The summed E-state index contributed by atoms with van der Waals surface area (Å²) < 4.78 is 5.61. The van der Waals surface area contributed by atoms with Gasteiger partial charge in [0, 0.05) is 24.7 Å². The van der Waals surface area contributed by atoms with Crippen molar-refractivity contribution in [3.05, 3.63) is 65.5 Å². The number of oxazole rings is 1. The van der Waals surface area contributed by atoms with Crippen molar-refractivity contribution in [1.82, 2.24) is 15.2 Å². The van der Waals surface area contributed by atoms with E-state index < -0.39 is 0 Å². The summed E-state index contributed by atoms with van der Waals surface area (Å²) in [5, 5.41) is 3.04. The summed E-state index contributed by atoms with van der Waals surface area (Å²) in [5.41, 5.74) is 3.29. The molecule has 144 valence electrons. The number of carbonyl (C=O) groups is 2. The highest BCUT2D eigenvalue weighted by molar-refractivity contribution is 5.94. The van der Waals surface area contributed by atoms with Gasteiger partial charge in [-0.2, -0.15) is 0 Å². The lowest BCUT2D eigenvalue weighted by molar-refractivity contribution is -0.121. The normalized spacial score (nSPS) is 15.0. The molecule has 0 saturated carbocycles. The molecule has 2 amide bonds. The molecule has 0 aliphatic carbocycles. The van der Waals surface area contributed by atoms with E-state index in [1.807, 2.05) is 60.4 Å². The fourth-order valence-corrected chi connectivity index (χ4v) is 3.52. The highest BCUT2D eigenvalue weighted by Gasteiger charge is 2.25. The Labute approximate surface area is 163 Å². The number of amides is 2. The zero-order valence-electron chi connectivity index (χ0n) is 15.9. The summed E-state index contributed by atoms with van der Waals surface area (Å²) >= 11 is 0. The largest absolute Gasteiger partial charge is 0.440 e. The first-order valence-corrected chi connectivity index (χ1v) is 9.58. The van der Waals surface area contributed by atoms with Crippen molar-refractivity contribution in [2.45, 2.75) is 32.2 Å². The van der Waals surface area contributed by atoms with Crippen LogP contribution in [0.1, 0.15) is 34.7 Å². The first kappa shape index (κ1) is 18.2. The highest BCUT2D eigenvalue weighted by atomic mass is 16.3. The molecule has 3 aromatic rings. The van der Waals surface area contributed by atoms with Crippen molar-refractivity contribution in [2.75, 3.05) is 13.1 Å². The second-order valence-corrected chi connectivity index (χ2v) is 7.25. The van der Waals surface area contributed by atoms with E-state index in [0.717, 1.165) is 23.9 Å². The van der Waals surface area contributed by atoms with Crippen molar-refractivity contribution in [2.24, 2.45) is 0 Å². The average molecular weight is 377 g/mol. The van der Waals surface area contributed by atoms with Crippen LogP contribution in [0, 0.1) is 6.92 Å². The molecule has 0 unspecified atom stereocenters. The van der Waals surface area contributed by atoms with Gasteiger partial charge in [-0.25, -0.2) is 4.98 Å². The van der Waals surface area contributed by atoms with Crippen LogP contribution in [0.3, 0.4) is 0 Å². The van der Waals surface area contributed by atoms with Gasteiger partial charge in [-0.1, -0.05) is 29.8 Å². The number of aromatic nitrogens is 1. The van der Waals surface area contributed by atoms with Crippen LogP contribution in [0.4, 0.5) is 0 Å². The second kappa shape index (κ2) is 7.84. The monoisotopic (exact) mass is 377 g/mol. The van der Waals surface area contributed by atoms with Gasteiger partial charge in [-0.05, 0) is 44.0 Å². The number of nitrogens with zero attached hydrogens (tertiary/aromatic N) is 2. The third-order valence-electron chi connectivity index (χ3n) is 5.10. The first-order valence-electron chi connectivity index (χ1n) is 9.58. The topological polar surface area (TPSA) is 75.4 Å². The molecular weight excluding hydrogens is 354 g/mol. The minimum absolute atomic E-state index is 0.0521. The molecule has 0 spiro atoms. The molecule has 0 atom stereocenters. The standard InChI is InChI=1S/C22H23N3O3/c1-15-6-8-16(9-7-15)22(27)25-12-10-17(11-13-25)23-20(26)14-21-24-18-4-2-3-5-19(18)28-21/h2-9,17H,10-14H2,1H3,(H,23,26). The van der Waals surface area contributed by atoms with E-state index in [0.29, 0.717) is 30.1 Å². The maximum Gasteiger partial charge on any atom is 0.253 e. The Morgan fingerprint density at radius 1 is 1.11 bits per heavy atom. The zero-order chi connectivity index (χ0) is 19.5. The zero-order valence-corrected chi connectivity index (χ0v) is 15.9. The summed E-state index contributed by atoms with van der Waals surface area (Å²) in [6.45, 7) is 3.28. The van der Waals surface area contributed by atoms with E-state index in [1.165, 1.54) is 0 Å². The molecule has 1 aliphatic heterocycles. The molecule has 4 rings (SSSR count). The van der Waals surface area contributed by atoms with Crippen LogP contribution in [0.2, 0.25) is 0 Å². The van der Waals surface area contributed by atoms with Crippen LogP contribution in [0.15, 0.2) is 52.9 Å². The van der Waals surface area contributed by atoms with Gasteiger partial charge in [0.2, 0.25) is 11.8 Å². The van der Waals surface area contributed by atoms with Crippen LogP contribution < -0.4 is 5.32 Å². The van der Waals surface area contributed by atoms with E-state index in [9.17, 15) is 9.59 Å². The number of fused-ring (bicyclic) bond motifs is 1. The fourth-order valence-electron chi connectivity index (χ4n) is 3.52. The maximum atomic E-state index is 12.6. The lowest BCUT2D eigenvalue weighted by Gasteiger charge is -2.32. The molecule has 28 heavy (non-hydrogen) atoms. The van der Waals surface area contributed by atoms with Gasteiger partial charge in [-0.3, -0.25) is 9.59 Å². The minimum atomic E-state index is -0.102.